The van der Waals surface area contributed by atoms with Crippen molar-refractivity contribution in [3.05, 3.63) is 34.3 Å². The van der Waals surface area contributed by atoms with E-state index < -0.39 is 43.8 Å². The van der Waals surface area contributed by atoms with E-state index in [0.717, 1.165) is 0 Å². The zero-order chi connectivity index (χ0) is 23.3. The summed E-state index contributed by atoms with van der Waals surface area (Å²) < 4.78 is 65.5. The molecule has 0 bridgehead atoms. The van der Waals surface area contributed by atoms with Crippen molar-refractivity contribution in [1.29, 1.82) is 5.26 Å². The highest BCUT2D eigenvalue weighted by Gasteiger charge is 2.50. The molecular weight excluding hydrogens is 491 g/mol. The predicted octanol–water partition coefficient (Wildman–Crippen LogP) is 2.80. The Balaban J connectivity index is 1.68. The number of hydrogen-bond donors (Lipinski definition) is 1. The van der Waals surface area contributed by atoms with E-state index in [1.54, 1.807) is 6.07 Å². The predicted molar refractivity (Wildman–Crippen MR) is 109 cm³/mol. The summed E-state index contributed by atoms with van der Waals surface area (Å²) in [6.45, 7) is -0.280. The Morgan fingerprint density at radius 2 is 2.00 bits per heavy atom. The van der Waals surface area contributed by atoms with Crippen molar-refractivity contribution in [3.63, 3.8) is 0 Å². The quantitative estimate of drug-likeness (QED) is 0.664. The molecule has 14 heteroatoms. The van der Waals surface area contributed by atoms with Gasteiger partial charge in [-0.1, -0.05) is 35.1 Å². The van der Waals surface area contributed by atoms with Crippen LogP contribution in [0.4, 0.5) is 18.3 Å². The van der Waals surface area contributed by atoms with Crippen LogP contribution in [0.2, 0.25) is 5.02 Å². The number of hydrogen-bond acceptors (Lipinski definition) is 8. The Labute approximate surface area is 189 Å². The van der Waals surface area contributed by atoms with Gasteiger partial charge in [0.1, 0.15) is 11.6 Å². The first-order valence-electron chi connectivity index (χ1n) is 9.36. The van der Waals surface area contributed by atoms with Gasteiger partial charge in [0.15, 0.2) is 9.84 Å². The lowest BCUT2D eigenvalue weighted by atomic mass is 10.2. The average molecular weight is 506 g/mol. The fourth-order valence-electron chi connectivity index (χ4n) is 3.49. The van der Waals surface area contributed by atoms with Gasteiger partial charge in [0.2, 0.25) is 16.0 Å². The number of alkyl halides is 3. The summed E-state index contributed by atoms with van der Waals surface area (Å²) in [6, 6.07) is 6.67. The molecule has 1 aromatic carbocycles. The lowest BCUT2D eigenvalue weighted by Crippen LogP contribution is -2.47. The number of nitrogens with zero attached hydrogens (tertiary/aromatic N) is 4. The first-order chi connectivity index (χ1) is 15.0. The van der Waals surface area contributed by atoms with Crippen LogP contribution in [0.1, 0.15) is 24.3 Å². The normalized spacial score (nSPS) is 22.4. The van der Waals surface area contributed by atoms with Gasteiger partial charge in [-0.3, -0.25) is 4.79 Å². The van der Waals surface area contributed by atoms with Gasteiger partial charge in [0.25, 0.3) is 0 Å². The number of rotatable bonds is 5. The minimum atomic E-state index is -4.73. The summed E-state index contributed by atoms with van der Waals surface area (Å²) >= 11 is 6.28. The zero-order valence-corrected chi connectivity index (χ0v) is 18.5. The van der Waals surface area contributed by atoms with Gasteiger partial charge in [-0.25, -0.2) is 8.42 Å². The smallest absolute Gasteiger partial charge is 0.336 e. The molecule has 0 spiro atoms. The van der Waals surface area contributed by atoms with E-state index in [0.29, 0.717) is 12.8 Å². The van der Waals surface area contributed by atoms with Gasteiger partial charge < -0.3 is 10.2 Å². The number of anilines is 1. The van der Waals surface area contributed by atoms with Crippen molar-refractivity contribution in [2.45, 2.75) is 47.2 Å². The fraction of sp³-hybridized carbons (Fsp3) is 0.444. The van der Waals surface area contributed by atoms with Crippen LogP contribution in [0.15, 0.2) is 29.2 Å². The molecule has 2 atom stereocenters. The molecule has 2 unspecified atom stereocenters. The number of aromatic nitrogens is 2. The largest absolute Gasteiger partial charge is 0.445 e. The van der Waals surface area contributed by atoms with Crippen molar-refractivity contribution < 1.29 is 26.4 Å². The molecule has 1 aliphatic heterocycles. The van der Waals surface area contributed by atoms with Crippen molar-refractivity contribution in [2.75, 3.05) is 11.4 Å². The van der Waals surface area contributed by atoms with Crippen LogP contribution in [0.25, 0.3) is 0 Å². The number of carbonyl (C=O) groups excluding carboxylic acids is 1. The summed E-state index contributed by atoms with van der Waals surface area (Å²) in [6.07, 6.45) is -4.04. The van der Waals surface area contributed by atoms with E-state index in [-0.39, 0.29) is 39.4 Å². The van der Waals surface area contributed by atoms with Gasteiger partial charge in [0.05, 0.1) is 21.2 Å². The topological polar surface area (TPSA) is 116 Å². The lowest BCUT2D eigenvalue weighted by molar-refractivity contribution is -0.138. The van der Waals surface area contributed by atoms with Gasteiger partial charge in [0, 0.05) is 6.54 Å². The number of amides is 1. The number of sulfone groups is 1. The highest BCUT2D eigenvalue weighted by Crippen LogP contribution is 2.40. The molecule has 8 nitrogen and oxygen atoms in total. The van der Waals surface area contributed by atoms with Crippen molar-refractivity contribution in [3.8, 4) is 6.07 Å². The minimum absolute atomic E-state index is 0.00337. The zero-order valence-electron chi connectivity index (χ0n) is 16.1. The molecule has 1 N–H and O–H groups in total. The van der Waals surface area contributed by atoms with Crippen LogP contribution in [-0.4, -0.2) is 47.9 Å². The second kappa shape index (κ2) is 7.86. The monoisotopic (exact) mass is 505 g/mol. The van der Waals surface area contributed by atoms with Crippen molar-refractivity contribution in [1.82, 2.24) is 15.5 Å². The molecule has 4 rings (SSSR count). The summed E-state index contributed by atoms with van der Waals surface area (Å²) in [4.78, 5) is 14.0. The molecule has 0 radical (unpaired) electrons. The van der Waals surface area contributed by atoms with E-state index in [1.165, 1.54) is 23.1 Å². The summed E-state index contributed by atoms with van der Waals surface area (Å²) in [7, 11) is -4.02. The van der Waals surface area contributed by atoms with Crippen LogP contribution in [0, 0.1) is 11.3 Å². The summed E-state index contributed by atoms with van der Waals surface area (Å²) in [5.74, 6) is -0.648. The standard InChI is InChI=1S/C18H15ClF3N5O3S2/c19-11-3-1-2-4-13(11)32(29,30)10-7-12(14(28)24-17(9-23)5-6-17)27(8-10)16-26-25-15(31-16)18(20,21)22/h1-4,10,12H,5-8H2,(H,24,28). The fourth-order valence-corrected chi connectivity index (χ4v) is 6.48. The molecule has 1 aliphatic carbocycles. The Hall–Kier alpha value is -2.43. The summed E-state index contributed by atoms with van der Waals surface area (Å²) in [5, 5.41) is 16.0. The maximum atomic E-state index is 13.2. The van der Waals surface area contributed by atoms with E-state index in [9.17, 15) is 31.6 Å². The average Bonchev–Trinajstić information content (AvgIpc) is 3.14. The van der Waals surface area contributed by atoms with Crippen LogP contribution >= 0.6 is 22.9 Å². The molecule has 2 heterocycles. The second-order valence-corrected chi connectivity index (χ2v) is 11.1. The number of nitrogens with one attached hydrogen (secondary N) is 1. The van der Waals surface area contributed by atoms with E-state index in [1.807, 2.05) is 6.07 Å². The summed E-state index contributed by atoms with van der Waals surface area (Å²) in [5.41, 5.74) is -1.03. The van der Waals surface area contributed by atoms with E-state index in [2.05, 4.69) is 15.5 Å². The van der Waals surface area contributed by atoms with Crippen LogP contribution < -0.4 is 10.2 Å². The second-order valence-electron chi connectivity index (χ2n) is 7.57. The third kappa shape index (κ3) is 4.14. The van der Waals surface area contributed by atoms with Crippen LogP contribution in [-0.2, 0) is 20.8 Å². The third-order valence-corrected chi connectivity index (χ3v) is 9.01. The number of halogens is 4. The van der Waals surface area contributed by atoms with Crippen LogP contribution in [0.3, 0.4) is 0 Å². The van der Waals surface area contributed by atoms with Gasteiger partial charge >= 0.3 is 6.18 Å². The Morgan fingerprint density at radius 1 is 1.31 bits per heavy atom. The molecule has 1 saturated heterocycles. The maximum absolute atomic E-state index is 13.2. The molecule has 2 fully saturated rings. The SMILES string of the molecule is N#CC1(NC(=O)C2CC(S(=O)(=O)c3ccccc3Cl)CN2c2nnc(C(F)(F)F)s2)CC1. The highest BCUT2D eigenvalue weighted by molar-refractivity contribution is 7.92. The van der Waals surface area contributed by atoms with Crippen LogP contribution in [0.5, 0.6) is 0 Å². The number of nitriles is 1. The van der Waals surface area contributed by atoms with Gasteiger partial charge in [-0.05, 0) is 31.4 Å². The molecule has 1 aromatic heterocycles. The molecule has 2 aliphatic rings. The molecule has 170 valence electrons. The molecule has 2 aromatic rings. The lowest BCUT2D eigenvalue weighted by Gasteiger charge is -2.23. The van der Waals surface area contributed by atoms with Gasteiger partial charge in [-0.2, -0.15) is 18.4 Å². The van der Waals surface area contributed by atoms with Crippen molar-refractivity contribution >= 4 is 43.8 Å². The van der Waals surface area contributed by atoms with Gasteiger partial charge in [-0.15, -0.1) is 10.2 Å². The molecule has 1 saturated carbocycles. The Kier molecular flexibility index (Phi) is 5.59. The number of benzene rings is 1. The minimum Gasteiger partial charge on any atom is -0.336 e. The highest BCUT2D eigenvalue weighted by atomic mass is 35.5. The maximum Gasteiger partial charge on any atom is 0.445 e. The van der Waals surface area contributed by atoms with E-state index >= 15 is 0 Å². The van der Waals surface area contributed by atoms with E-state index in [4.69, 9.17) is 11.6 Å². The Bertz CT molecular complexity index is 1210. The number of carbonyl (C=O) groups is 1. The molecule has 32 heavy (non-hydrogen) atoms. The molecule has 1 amide bonds. The first-order valence-corrected chi connectivity index (χ1v) is 12.1. The third-order valence-electron chi connectivity index (χ3n) is 5.38. The first kappa shape index (κ1) is 22.8. The van der Waals surface area contributed by atoms with Crippen molar-refractivity contribution in [2.24, 2.45) is 0 Å². The Morgan fingerprint density at radius 3 is 2.56 bits per heavy atom. The molecular formula is C18H15ClF3N5O3S2.